The maximum Gasteiger partial charge on any atom is 0.255 e. The van der Waals surface area contributed by atoms with Crippen LogP contribution in [0.15, 0.2) is 54.6 Å². The maximum atomic E-state index is 12.2. The van der Waals surface area contributed by atoms with Gasteiger partial charge < -0.3 is 21.1 Å². The van der Waals surface area contributed by atoms with Crippen molar-refractivity contribution in [3.8, 4) is 5.75 Å². The van der Waals surface area contributed by atoms with Gasteiger partial charge >= 0.3 is 0 Å². The number of carbonyl (C=O) groups excluding carboxylic acids is 2. The van der Waals surface area contributed by atoms with Gasteiger partial charge in [0.25, 0.3) is 5.91 Å². The highest BCUT2D eigenvalue weighted by atomic mass is 16.5. The number of hydrogen-bond donors (Lipinski definition) is 3. The molecule has 4 N–H and O–H groups in total. The van der Waals surface area contributed by atoms with Crippen LogP contribution in [0.3, 0.4) is 0 Å². The molecule has 23 heavy (non-hydrogen) atoms. The Bertz CT molecular complexity index is 674. The van der Waals surface area contributed by atoms with Gasteiger partial charge in [-0.3, -0.25) is 9.59 Å². The van der Waals surface area contributed by atoms with Crippen LogP contribution in [0, 0.1) is 0 Å². The second kappa shape index (κ2) is 7.84. The molecule has 0 spiro atoms. The number of anilines is 2. The van der Waals surface area contributed by atoms with Gasteiger partial charge in [0.2, 0.25) is 5.91 Å². The average molecular weight is 313 g/mol. The fourth-order valence-corrected chi connectivity index (χ4v) is 1.92. The summed E-state index contributed by atoms with van der Waals surface area (Å²) in [5.74, 6) is -0.192. The Kier molecular flexibility index (Phi) is 5.57. The van der Waals surface area contributed by atoms with Crippen LogP contribution < -0.4 is 21.1 Å². The molecule has 2 aromatic rings. The Balaban J connectivity index is 1.94. The molecule has 1 atom stereocenters. The molecule has 2 amide bonds. The molecular formula is C17H19N3O3. The monoisotopic (exact) mass is 313 g/mol. The Labute approximate surface area is 134 Å². The predicted molar refractivity (Wildman–Crippen MR) is 89.3 cm³/mol. The van der Waals surface area contributed by atoms with E-state index in [0.717, 1.165) is 5.69 Å². The summed E-state index contributed by atoms with van der Waals surface area (Å²) in [5.41, 5.74) is 6.49. The number of amides is 2. The lowest BCUT2D eigenvalue weighted by molar-refractivity contribution is -0.120. The molecule has 0 bridgehead atoms. The zero-order valence-electron chi connectivity index (χ0n) is 12.8. The predicted octanol–water partition coefficient (Wildman–Crippen LogP) is 1.99. The standard InChI is InChI=1S/C17H19N3O3/c1-12(17(22)20-13-6-3-2-4-7-13)19-14-8-5-9-15(10-14)23-11-16(18)21/h2-10,12,19H,11H2,1H3,(H2,18,21)(H,20,22)/t12-/m0/s1. The van der Waals surface area contributed by atoms with Gasteiger partial charge in [0.1, 0.15) is 11.8 Å². The number of carbonyl (C=O) groups is 2. The topological polar surface area (TPSA) is 93.4 Å². The number of primary amides is 1. The molecule has 0 aliphatic heterocycles. The summed E-state index contributed by atoms with van der Waals surface area (Å²) in [4.78, 5) is 22.9. The summed E-state index contributed by atoms with van der Waals surface area (Å²) in [7, 11) is 0. The Hall–Kier alpha value is -3.02. The lowest BCUT2D eigenvalue weighted by Gasteiger charge is -2.16. The summed E-state index contributed by atoms with van der Waals surface area (Å²) in [6, 6.07) is 15.8. The first-order chi connectivity index (χ1) is 11.0. The third-order valence-corrected chi connectivity index (χ3v) is 3.03. The highest BCUT2D eigenvalue weighted by molar-refractivity contribution is 5.96. The molecule has 0 unspecified atom stereocenters. The van der Waals surface area contributed by atoms with Crippen LogP contribution in [0.25, 0.3) is 0 Å². The number of rotatable bonds is 7. The molecule has 0 radical (unpaired) electrons. The van der Waals surface area contributed by atoms with Crippen LogP contribution in [-0.4, -0.2) is 24.5 Å². The van der Waals surface area contributed by atoms with Crippen molar-refractivity contribution < 1.29 is 14.3 Å². The van der Waals surface area contributed by atoms with E-state index in [4.69, 9.17) is 10.5 Å². The van der Waals surface area contributed by atoms with Crippen molar-refractivity contribution in [2.45, 2.75) is 13.0 Å². The van der Waals surface area contributed by atoms with Crippen LogP contribution in [0.2, 0.25) is 0 Å². The lowest BCUT2D eigenvalue weighted by atomic mass is 10.2. The molecular weight excluding hydrogens is 294 g/mol. The molecule has 0 saturated heterocycles. The molecule has 0 aromatic heterocycles. The zero-order valence-corrected chi connectivity index (χ0v) is 12.8. The lowest BCUT2D eigenvalue weighted by Crippen LogP contribution is -2.31. The summed E-state index contributed by atoms with van der Waals surface area (Å²) < 4.78 is 5.23. The third kappa shape index (κ3) is 5.35. The molecule has 120 valence electrons. The van der Waals surface area contributed by atoms with Crippen molar-refractivity contribution in [3.63, 3.8) is 0 Å². The highest BCUT2D eigenvalue weighted by Crippen LogP contribution is 2.18. The number of hydrogen-bond acceptors (Lipinski definition) is 4. The van der Waals surface area contributed by atoms with Crippen LogP contribution in [0.5, 0.6) is 5.75 Å². The second-order valence-electron chi connectivity index (χ2n) is 5.00. The highest BCUT2D eigenvalue weighted by Gasteiger charge is 2.13. The van der Waals surface area contributed by atoms with E-state index in [1.165, 1.54) is 0 Å². The van der Waals surface area contributed by atoms with E-state index in [0.29, 0.717) is 11.4 Å². The van der Waals surface area contributed by atoms with Crippen molar-refractivity contribution in [1.29, 1.82) is 0 Å². The largest absolute Gasteiger partial charge is 0.484 e. The van der Waals surface area contributed by atoms with E-state index < -0.39 is 11.9 Å². The smallest absolute Gasteiger partial charge is 0.255 e. The van der Waals surface area contributed by atoms with Gasteiger partial charge in [-0.2, -0.15) is 0 Å². The Morgan fingerprint density at radius 2 is 1.78 bits per heavy atom. The average Bonchev–Trinajstić information content (AvgIpc) is 2.54. The molecule has 0 heterocycles. The van der Waals surface area contributed by atoms with Gasteiger partial charge in [-0.15, -0.1) is 0 Å². The van der Waals surface area contributed by atoms with Gasteiger partial charge in [0.15, 0.2) is 6.61 Å². The Morgan fingerprint density at radius 1 is 1.09 bits per heavy atom. The molecule has 6 nitrogen and oxygen atoms in total. The summed E-state index contributed by atoms with van der Waals surface area (Å²) >= 11 is 0. The summed E-state index contributed by atoms with van der Waals surface area (Å²) in [5, 5.41) is 5.90. The van der Waals surface area contributed by atoms with Gasteiger partial charge in [-0.25, -0.2) is 0 Å². The van der Waals surface area contributed by atoms with Gasteiger partial charge in [-0.1, -0.05) is 24.3 Å². The van der Waals surface area contributed by atoms with E-state index in [1.54, 1.807) is 25.1 Å². The molecule has 6 heteroatoms. The number of nitrogens with two attached hydrogens (primary N) is 1. The third-order valence-electron chi connectivity index (χ3n) is 3.03. The molecule has 0 fully saturated rings. The summed E-state index contributed by atoms with van der Waals surface area (Å²) in [6.45, 7) is 1.57. The summed E-state index contributed by atoms with van der Waals surface area (Å²) in [6.07, 6.45) is 0. The van der Waals surface area contributed by atoms with E-state index in [9.17, 15) is 9.59 Å². The van der Waals surface area contributed by atoms with Gasteiger partial charge in [0, 0.05) is 17.4 Å². The van der Waals surface area contributed by atoms with Crippen molar-refractivity contribution in [3.05, 3.63) is 54.6 Å². The molecule has 2 aromatic carbocycles. The van der Waals surface area contributed by atoms with Crippen LogP contribution in [0.4, 0.5) is 11.4 Å². The molecule has 0 aliphatic rings. The fourth-order valence-electron chi connectivity index (χ4n) is 1.92. The minimum Gasteiger partial charge on any atom is -0.484 e. The quantitative estimate of drug-likeness (QED) is 0.728. The zero-order chi connectivity index (χ0) is 16.7. The van der Waals surface area contributed by atoms with Crippen LogP contribution >= 0.6 is 0 Å². The van der Waals surface area contributed by atoms with Crippen molar-refractivity contribution in [2.75, 3.05) is 17.2 Å². The number of benzene rings is 2. The first kappa shape index (κ1) is 16.4. The minimum absolute atomic E-state index is 0.153. The van der Waals surface area contributed by atoms with E-state index in [1.807, 2.05) is 36.4 Å². The van der Waals surface area contributed by atoms with Crippen molar-refractivity contribution in [1.82, 2.24) is 0 Å². The fraction of sp³-hybridized carbons (Fsp3) is 0.176. The van der Waals surface area contributed by atoms with Crippen LogP contribution in [0.1, 0.15) is 6.92 Å². The number of nitrogens with one attached hydrogen (secondary N) is 2. The molecule has 0 aliphatic carbocycles. The first-order valence-electron chi connectivity index (χ1n) is 7.18. The SMILES string of the molecule is C[C@H](Nc1cccc(OCC(N)=O)c1)C(=O)Nc1ccccc1. The second-order valence-corrected chi connectivity index (χ2v) is 5.00. The Morgan fingerprint density at radius 3 is 2.48 bits per heavy atom. The van der Waals surface area contributed by atoms with E-state index in [-0.39, 0.29) is 12.5 Å². The first-order valence-corrected chi connectivity index (χ1v) is 7.18. The van der Waals surface area contributed by atoms with Crippen molar-refractivity contribution >= 4 is 23.2 Å². The van der Waals surface area contributed by atoms with Crippen molar-refractivity contribution in [2.24, 2.45) is 5.73 Å². The van der Waals surface area contributed by atoms with Gasteiger partial charge in [0.05, 0.1) is 0 Å². The number of para-hydroxylation sites is 1. The maximum absolute atomic E-state index is 12.2. The molecule has 0 saturated carbocycles. The van der Waals surface area contributed by atoms with Crippen LogP contribution in [-0.2, 0) is 9.59 Å². The van der Waals surface area contributed by atoms with E-state index >= 15 is 0 Å². The normalized spacial score (nSPS) is 11.3. The van der Waals surface area contributed by atoms with Gasteiger partial charge in [-0.05, 0) is 31.2 Å². The number of ether oxygens (including phenoxy) is 1. The minimum atomic E-state index is -0.543. The molecule has 2 rings (SSSR count). The van der Waals surface area contributed by atoms with E-state index in [2.05, 4.69) is 10.6 Å².